The Morgan fingerprint density at radius 3 is 1.79 bits per heavy atom. The van der Waals surface area contributed by atoms with Gasteiger partial charge in [-0.2, -0.15) is 0 Å². The molecule has 0 spiro atoms. The van der Waals surface area contributed by atoms with Crippen LogP contribution in [0.5, 0.6) is 0 Å². The van der Waals surface area contributed by atoms with E-state index in [4.69, 9.17) is 11.3 Å². The molecule has 0 heterocycles. The summed E-state index contributed by atoms with van der Waals surface area (Å²) in [5.74, 6) is 0. The van der Waals surface area contributed by atoms with Gasteiger partial charge in [0.1, 0.15) is 0 Å². The van der Waals surface area contributed by atoms with Crippen molar-refractivity contribution in [1.29, 1.82) is 0 Å². The van der Waals surface area contributed by atoms with Crippen LogP contribution in [0.3, 0.4) is 0 Å². The summed E-state index contributed by atoms with van der Waals surface area (Å²) in [6.07, 6.45) is 0. The maximum absolute atomic E-state index is 10.8. The molecule has 0 amide bonds. The van der Waals surface area contributed by atoms with Gasteiger partial charge < -0.3 is 0 Å². The van der Waals surface area contributed by atoms with E-state index in [1.807, 2.05) is 0 Å². The Balaban J connectivity index is 3.21. The third-order valence-corrected chi connectivity index (χ3v) is 5.11. The zero-order valence-corrected chi connectivity index (χ0v) is 10.1. The summed E-state index contributed by atoms with van der Waals surface area (Å²) in [5.41, 5.74) is 0. The van der Waals surface area contributed by atoms with E-state index >= 15 is 0 Å². The Bertz CT molecular complexity index is 470. The molecule has 1 rings (SSSR count). The van der Waals surface area contributed by atoms with E-state index in [2.05, 4.69) is 0 Å². The molecule has 0 aliphatic carbocycles. The predicted molar refractivity (Wildman–Crippen MR) is 46.8 cm³/mol. The Morgan fingerprint density at radius 2 is 1.50 bits per heavy atom. The number of benzene rings is 1. The topological polar surface area (TPSA) is 112 Å². The van der Waals surface area contributed by atoms with Gasteiger partial charge in [0.2, 0.25) is 0 Å². The molecule has 6 nitrogen and oxygen atoms in total. The van der Waals surface area contributed by atoms with E-state index in [1.54, 1.807) is 0 Å². The first-order chi connectivity index (χ1) is 6.21. The van der Waals surface area contributed by atoms with Gasteiger partial charge in [0.05, 0.1) is 0 Å². The summed E-state index contributed by atoms with van der Waals surface area (Å²) in [4.78, 5) is -0.393. The molecule has 1 aromatic rings. The zero-order chi connectivity index (χ0) is 11.0. The van der Waals surface area contributed by atoms with Gasteiger partial charge in [0.15, 0.2) is 0 Å². The average molecular weight is 329 g/mol. The van der Waals surface area contributed by atoms with Gasteiger partial charge in [-0.15, -0.1) is 0 Å². The fourth-order valence-corrected chi connectivity index (χ4v) is 2.83. The van der Waals surface area contributed by atoms with Gasteiger partial charge in [0.25, 0.3) is 0 Å². The third kappa shape index (κ3) is 2.83. The summed E-state index contributed by atoms with van der Waals surface area (Å²) >= 11 is -5.25. The van der Waals surface area contributed by atoms with Crippen LogP contribution >= 0.6 is 0 Å². The predicted octanol–water partition coefficient (Wildman–Crippen LogP) is -1.51. The molecule has 0 aromatic heterocycles. The number of hydrogen-bond donors (Lipinski definition) is 3. The van der Waals surface area contributed by atoms with Crippen molar-refractivity contribution in [3.05, 3.63) is 24.3 Å². The SMILES string of the molecule is O=S(=O)(O)c1cc[c]([Sb](=[O])([OH])[OH])cc1. The van der Waals surface area contributed by atoms with Gasteiger partial charge >= 0.3 is 85.2 Å². The standard InChI is InChI=1S/C6H5O3S.2H2O.O.Sb/c7-10(8,9)6-4-2-1-3-5-6;;;;/h2-5H,(H,7,8,9);2*1H2;;/q;;;;+2/p-2. The van der Waals surface area contributed by atoms with Crippen LogP contribution in [0, 0.1) is 0 Å². The van der Waals surface area contributed by atoms with Crippen LogP contribution in [0.15, 0.2) is 29.2 Å². The van der Waals surface area contributed by atoms with Crippen LogP contribution in [0.4, 0.5) is 0 Å². The molecule has 0 fully saturated rings. The Labute approximate surface area is 85.1 Å². The van der Waals surface area contributed by atoms with Crippen LogP contribution in [0.1, 0.15) is 0 Å². The van der Waals surface area contributed by atoms with E-state index in [9.17, 15) is 11.4 Å². The molecule has 0 aliphatic rings. The third-order valence-electron chi connectivity index (χ3n) is 1.47. The first kappa shape index (κ1) is 11.7. The van der Waals surface area contributed by atoms with E-state index in [-0.39, 0.29) is 3.51 Å². The van der Waals surface area contributed by atoms with Gasteiger partial charge in [-0.05, 0) is 0 Å². The fourth-order valence-electron chi connectivity index (χ4n) is 0.812. The molecule has 0 atom stereocenters. The second kappa shape index (κ2) is 3.67. The molecule has 1 aromatic carbocycles. The van der Waals surface area contributed by atoms with E-state index in [0.717, 1.165) is 24.3 Å². The average Bonchev–Trinajstić information content (AvgIpc) is 2.01. The van der Waals surface area contributed by atoms with Crippen LogP contribution < -0.4 is 3.51 Å². The molecule has 0 radical (unpaired) electrons. The molecular weight excluding hydrogens is 322 g/mol. The second-order valence-electron chi connectivity index (χ2n) is 2.51. The molecular formula is C6H7O6SSb. The summed E-state index contributed by atoms with van der Waals surface area (Å²) in [6.45, 7) is 0. The summed E-state index contributed by atoms with van der Waals surface area (Å²) in [5, 5.41) is 0. The van der Waals surface area contributed by atoms with Crippen LogP contribution in [0.2, 0.25) is 0 Å². The van der Waals surface area contributed by atoms with E-state index < -0.39 is 34.6 Å². The van der Waals surface area contributed by atoms with Crippen molar-refractivity contribution in [2.24, 2.45) is 0 Å². The summed E-state index contributed by atoms with van der Waals surface area (Å²) in [7, 11) is -4.31. The molecule has 0 saturated heterocycles. The van der Waals surface area contributed by atoms with Gasteiger partial charge in [-0.3, -0.25) is 0 Å². The van der Waals surface area contributed by atoms with Gasteiger partial charge in [-0.25, -0.2) is 0 Å². The van der Waals surface area contributed by atoms with Crippen LogP contribution in [-0.4, -0.2) is 39.4 Å². The molecule has 0 bridgehead atoms. The molecule has 0 aliphatic heterocycles. The molecule has 3 N–H and O–H groups in total. The first-order valence-electron chi connectivity index (χ1n) is 3.35. The van der Waals surface area contributed by atoms with Crippen molar-refractivity contribution in [2.45, 2.75) is 4.90 Å². The van der Waals surface area contributed by atoms with E-state index in [0.29, 0.717) is 0 Å². The summed E-state index contributed by atoms with van der Waals surface area (Å²) in [6, 6.07) is 3.86. The van der Waals surface area contributed by atoms with Crippen LogP contribution in [0.25, 0.3) is 0 Å². The van der Waals surface area contributed by atoms with Crippen molar-refractivity contribution in [3.8, 4) is 0 Å². The van der Waals surface area contributed by atoms with Crippen molar-refractivity contribution in [1.82, 2.24) is 0 Å². The Kier molecular flexibility index (Phi) is 3.08. The molecule has 0 unspecified atom stereocenters. The van der Waals surface area contributed by atoms with Crippen molar-refractivity contribution >= 4 is 33.3 Å². The molecule has 14 heavy (non-hydrogen) atoms. The monoisotopic (exact) mass is 328 g/mol. The van der Waals surface area contributed by atoms with Gasteiger partial charge in [-0.1, -0.05) is 0 Å². The van der Waals surface area contributed by atoms with Crippen LogP contribution in [-0.2, 0) is 13.1 Å². The Hall–Kier alpha value is -0.332. The second-order valence-corrected chi connectivity index (χ2v) is 8.51. The van der Waals surface area contributed by atoms with E-state index in [1.165, 1.54) is 0 Å². The first-order valence-corrected chi connectivity index (χ1v) is 9.39. The van der Waals surface area contributed by atoms with Crippen molar-refractivity contribution < 1.29 is 22.8 Å². The maximum atomic E-state index is 10.8. The van der Waals surface area contributed by atoms with Crippen molar-refractivity contribution in [2.75, 3.05) is 0 Å². The Morgan fingerprint density at radius 1 is 1.07 bits per heavy atom. The fraction of sp³-hybridized carbons (Fsp3) is 0. The van der Waals surface area contributed by atoms with Crippen molar-refractivity contribution in [3.63, 3.8) is 0 Å². The molecule has 0 saturated carbocycles. The summed E-state index contributed by atoms with van der Waals surface area (Å²) < 4.78 is 57.8. The minimum absolute atomic E-state index is 0.212. The number of rotatable bonds is 2. The number of hydrogen-bond acceptors (Lipinski definition) is 3. The normalized spacial score (nSPS) is 12.8. The molecule has 78 valence electrons. The van der Waals surface area contributed by atoms with Gasteiger partial charge in [0, 0.05) is 0 Å². The quantitative estimate of drug-likeness (QED) is 0.450. The minimum atomic E-state index is -5.25. The molecule has 8 heteroatoms. The zero-order valence-electron chi connectivity index (χ0n) is 6.73.